The topological polar surface area (TPSA) is 47.0 Å². The number of hydrogen-bond donors (Lipinski definition) is 1. The van der Waals surface area contributed by atoms with Gasteiger partial charge in [0.2, 0.25) is 0 Å². The molecule has 1 aliphatic heterocycles. The van der Waals surface area contributed by atoms with Gasteiger partial charge in [-0.25, -0.2) is 9.97 Å². The predicted octanol–water partition coefficient (Wildman–Crippen LogP) is 1.68. The lowest BCUT2D eigenvalue weighted by molar-refractivity contribution is 0.0666. The van der Waals surface area contributed by atoms with Crippen LogP contribution in [0.15, 0.2) is 18.6 Å². The van der Waals surface area contributed by atoms with E-state index >= 15 is 0 Å². The Balaban J connectivity index is 2.07. The van der Waals surface area contributed by atoms with Crippen molar-refractivity contribution in [3.63, 3.8) is 0 Å². The highest BCUT2D eigenvalue weighted by atomic mass is 35.5. The molecule has 1 N–H and O–H groups in total. The lowest BCUT2D eigenvalue weighted by atomic mass is 9.92. The standard InChI is InChI=1S/C10H14ClN3O/c11-7-10(2-5-15-6-3-10)14-9-1-4-12-8-13-9/h1,4,8H,2-3,5-7H2,(H,12,13,14). The number of nitrogens with zero attached hydrogens (tertiary/aromatic N) is 2. The number of anilines is 1. The van der Waals surface area contributed by atoms with E-state index in [0.29, 0.717) is 5.88 Å². The van der Waals surface area contributed by atoms with Gasteiger partial charge in [0, 0.05) is 25.3 Å². The zero-order valence-electron chi connectivity index (χ0n) is 8.45. The molecule has 0 spiro atoms. The second-order valence-electron chi connectivity index (χ2n) is 3.75. The van der Waals surface area contributed by atoms with E-state index in [0.717, 1.165) is 31.9 Å². The fourth-order valence-corrected chi connectivity index (χ4v) is 2.02. The zero-order chi connectivity index (χ0) is 10.6. The Morgan fingerprint density at radius 3 is 2.87 bits per heavy atom. The Bertz CT molecular complexity index is 301. The summed E-state index contributed by atoms with van der Waals surface area (Å²) in [5, 5.41) is 3.38. The van der Waals surface area contributed by atoms with Crippen molar-refractivity contribution in [2.24, 2.45) is 0 Å². The monoisotopic (exact) mass is 227 g/mol. The summed E-state index contributed by atoms with van der Waals surface area (Å²) in [6.07, 6.45) is 5.08. The average molecular weight is 228 g/mol. The highest BCUT2D eigenvalue weighted by Gasteiger charge is 2.31. The van der Waals surface area contributed by atoms with Gasteiger partial charge in [-0.05, 0) is 18.9 Å². The van der Waals surface area contributed by atoms with Crippen LogP contribution in [0.3, 0.4) is 0 Å². The normalized spacial score (nSPS) is 19.8. The third-order valence-electron chi connectivity index (χ3n) is 2.68. The van der Waals surface area contributed by atoms with Crippen LogP contribution in [0.25, 0.3) is 0 Å². The fourth-order valence-electron chi connectivity index (χ4n) is 1.69. The minimum atomic E-state index is -0.0752. The van der Waals surface area contributed by atoms with Crippen LogP contribution in [0.5, 0.6) is 0 Å². The molecule has 0 amide bonds. The van der Waals surface area contributed by atoms with Gasteiger partial charge in [0.05, 0.1) is 5.54 Å². The van der Waals surface area contributed by atoms with Crippen molar-refractivity contribution >= 4 is 17.4 Å². The predicted molar refractivity (Wildman–Crippen MR) is 59.2 cm³/mol. The van der Waals surface area contributed by atoms with Crippen LogP contribution in [-0.2, 0) is 4.74 Å². The molecule has 0 saturated carbocycles. The highest BCUT2D eigenvalue weighted by molar-refractivity contribution is 6.18. The van der Waals surface area contributed by atoms with Crippen LogP contribution in [0, 0.1) is 0 Å². The van der Waals surface area contributed by atoms with Crippen molar-refractivity contribution in [3.05, 3.63) is 18.6 Å². The van der Waals surface area contributed by atoms with E-state index < -0.39 is 0 Å². The van der Waals surface area contributed by atoms with E-state index in [-0.39, 0.29) is 5.54 Å². The van der Waals surface area contributed by atoms with E-state index in [9.17, 15) is 0 Å². The summed E-state index contributed by atoms with van der Waals surface area (Å²) in [6.45, 7) is 1.51. The van der Waals surface area contributed by atoms with Crippen LogP contribution >= 0.6 is 11.6 Å². The Morgan fingerprint density at radius 2 is 2.27 bits per heavy atom. The molecule has 1 saturated heterocycles. The first kappa shape index (κ1) is 10.6. The third kappa shape index (κ3) is 2.58. The number of ether oxygens (including phenoxy) is 1. The van der Waals surface area contributed by atoms with E-state index in [4.69, 9.17) is 16.3 Å². The summed E-state index contributed by atoms with van der Waals surface area (Å²) in [6, 6.07) is 1.85. The lowest BCUT2D eigenvalue weighted by Crippen LogP contribution is -2.45. The molecule has 0 unspecified atom stereocenters. The Labute approximate surface area is 94.0 Å². The van der Waals surface area contributed by atoms with Gasteiger partial charge >= 0.3 is 0 Å². The maximum absolute atomic E-state index is 6.03. The first-order valence-corrected chi connectivity index (χ1v) is 5.56. The third-order valence-corrected chi connectivity index (χ3v) is 3.19. The van der Waals surface area contributed by atoms with Gasteiger partial charge in [-0.3, -0.25) is 0 Å². The van der Waals surface area contributed by atoms with Crippen molar-refractivity contribution in [2.75, 3.05) is 24.4 Å². The molecule has 2 rings (SSSR count). The summed E-state index contributed by atoms with van der Waals surface area (Å²) < 4.78 is 5.33. The summed E-state index contributed by atoms with van der Waals surface area (Å²) in [4.78, 5) is 8.02. The smallest absolute Gasteiger partial charge is 0.129 e. The molecule has 1 aromatic rings. The molecule has 0 atom stereocenters. The molecule has 1 aliphatic rings. The lowest BCUT2D eigenvalue weighted by Gasteiger charge is -2.36. The van der Waals surface area contributed by atoms with E-state index in [2.05, 4.69) is 15.3 Å². The maximum Gasteiger partial charge on any atom is 0.129 e. The molecule has 0 bridgehead atoms. The van der Waals surface area contributed by atoms with Crippen molar-refractivity contribution in [1.82, 2.24) is 9.97 Å². The van der Waals surface area contributed by atoms with Crippen LogP contribution in [-0.4, -0.2) is 34.6 Å². The van der Waals surface area contributed by atoms with E-state index in [1.54, 1.807) is 6.20 Å². The van der Waals surface area contributed by atoms with Gasteiger partial charge in [-0.1, -0.05) is 0 Å². The quantitative estimate of drug-likeness (QED) is 0.799. The number of aromatic nitrogens is 2. The molecule has 82 valence electrons. The number of rotatable bonds is 3. The summed E-state index contributed by atoms with van der Waals surface area (Å²) >= 11 is 6.03. The number of alkyl halides is 1. The molecular weight excluding hydrogens is 214 g/mol. The van der Waals surface area contributed by atoms with Crippen molar-refractivity contribution in [3.8, 4) is 0 Å². The van der Waals surface area contributed by atoms with Gasteiger partial charge < -0.3 is 10.1 Å². The molecule has 0 radical (unpaired) electrons. The summed E-state index contributed by atoms with van der Waals surface area (Å²) in [7, 11) is 0. The number of nitrogens with one attached hydrogen (secondary N) is 1. The van der Waals surface area contributed by atoms with Crippen molar-refractivity contribution in [2.45, 2.75) is 18.4 Å². The van der Waals surface area contributed by atoms with Gasteiger partial charge in [-0.2, -0.15) is 0 Å². The Hall–Kier alpha value is -0.870. The summed E-state index contributed by atoms with van der Waals surface area (Å²) in [5.74, 6) is 1.40. The van der Waals surface area contributed by atoms with E-state index in [1.165, 1.54) is 6.33 Å². The molecule has 1 fully saturated rings. The minimum absolute atomic E-state index is 0.0752. The molecule has 4 nitrogen and oxygen atoms in total. The fraction of sp³-hybridized carbons (Fsp3) is 0.600. The van der Waals surface area contributed by atoms with Crippen LogP contribution in [0.2, 0.25) is 0 Å². The average Bonchev–Trinajstić information content (AvgIpc) is 2.32. The number of halogens is 1. The van der Waals surface area contributed by atoms with Gasteiger partial charge in [0.25, 0.3) is 0 Å². The van der Waals surface area contributed by atoms with E-state index in [1.807, 2.05) is 6.07 Å². The Morgan fingerprint density at radius 1 is 1.47 bits per heavy atom. The number of hydrogen-bond acceptors (Lipinski definition) is 4. The molecule has 2 heterocycles. The molecule has 0 aliphatic carbocycles. The Kier molecular flexibility index (Phi) is 3.38. The molecule has 5 heteroatoms. The van der Waals surface area contributed by atoms with Crippen molar-refractivity contribution in [1.29, 1.82) is 0 Å². The highest BCUT2D eigenvalue weighted by Crippen LogP contribution is 2.26. The SMILES string of the molecule is ClCC1(Nc2ccncn2)CCOCC1. The molecular formula is C10H14ClN3O. The second kappa shape index (κ2) is 4.77. The van der Waals surface area contributed by atoms with Gasteiger partial charge in [0.15, 0.2) is 0 Å². The van der Waals surface area contributed by atoms with Crippen LogP contribution in [0.4, 0.5) is 5.82 Å². The second-order valence-corrected chi connectivity index (χ2v) is 4.01. The molecule has 0 aromatic carbocycles. The first-order valence-electron chi connectivity index (χ1n) is 5.03. The van der Waals surface area contributed by atoms with Crippen LogP contribution in [0.1, 0.15) is 12.8 Å². The van der Waals surface area contributed by atoms with Crippen LogP contribution < -0.4 is 5.32 Å². The largest absolute Gasteiger partial charge is 0.381 e. The molecule has 15 heavy (non-hydrogen) atoms. The maximum atomic E-state index is 6.03. The minimum Gasteiger partial charge on any atom is -0.381 e. The molecule has 1 aromatic heterocycles. The van der Waals surface area contributed by atoms with Crippen molar-refractivity contribution < 1.29 is 4.74 Å². The van der Waals surface area contributed by atoms with Gasteiger partial charge in [0.1, 0.15) is 12.1 Å². The first-order chi connectivity index (χ1) is 7.35. The van der Waals surface area contributed by atoms with Gasteiger partial charge in [-0.15, -0.1) is 11.6 Å². The zero-order valence-corrected chi connectivity index (χ0v) is 9.20. The summed E-state index contributed by atoms with van der Waals surface area (Å²) in [5.41, 5.74) is -0.0752.